The fourth-order valence-corrected chi connectivity index (χ4v) is 4.57. The highest BCUT2D eigenvalue weighted by atomic mass is 32.2. The van der Waals surface area contributed by atoms with Crippen LogP contribution in [0.1, 0.15) is 18.1 Å². The number of amides is 1. The molecule has 9 heteroatoms. The molecule has 1 amide bonds. The molecular weight excluding hydrogens is 390 g/mol. The van der Waals surface area contributed by atoms with Gasteiger partial charge in [-0.05, 0) is 32.0 Å². The molecule has 2 heterocycles. The third kappa shape index (κ3) is 5.47. The van der Waals surface area contributed by atoms with Gasteiger partial charge >= 0.3 is 0 Å². The summed E-state index contributed by atoms with van der Waals surface area (Å²) in [7, 11) is -3.49. The normalized spacial score (nSPS) is 16.6. The maximum Gasteiger partial charge on any atom is 0.295 e. The van der Waals surface area contributed by atoms with Crippen LogP contribution in [0.25, 0.3) is 0 Å². The second-order valence-corrected chi connectivity index (χ2v) is 9.06. The van der Waals surface area contributed by atoms with Crippen molar-refractivity contribution < 1.29 is 18.1 Å². The molecule has 1 fully saturated rings. The number of rotatable bonds is 6. The van der Waals surface area contributed by atoms with Crippen molar-refractivity contribution in [3.63, 3.8) is 0 Å². The Balaban J connectivity index is 1.50. The number of benzene rings is 1. The molecule has 1 saturated heterocycles. The molecule has 29 heavy (non-hydrogen) atoms. The Labute approximate surface area is 171 Å². The lowest BCUT2D eigenvalue weighted by Gasteiger charge is -2.31. The lowest BCUT2D eigenvalue weighted by atomic mass is 10.2. The highest BCUT2D eigenvalue weighted by Crippen LogP contribution is 2.16. The SMILES string of the molecule is C/C(=N/NC(=O)C[NH+]1CCN(S(=O)(=O)c2ccc(C)cc2)CC1)c1cccnc1. The Bertz CT molecular complexity index is 967. The van der Waals surface area contributed by atoms with Crippen molar-refractivity contribution in [1.82, 2.24) is 14.7 Å². The number of carbonyl (C=O) groups is 1. The van der Waals surface area contributed by atoms with Gasteiger partial charge in [-0.15, -0.1) is 0 Å². The Morgan fingerprint density at radius 1 is 1.21 bits per heavy atom. The summed E-state index contributed by atoms with van der Waals surface area (Å²) in [6.07, 6.45) is 3.36. The fraction of sp³-hybridized carbons (Fsp3) is 0.350. The molecule has 154 valence electrons. The summed E-state index contributed by atoms with van der Waals surface area (Å²) in [5.74, 6) is -0.196. The predicted molar refractivity (Wildman–Crippen MR) is 110 cm³/mol. The van der Waals surface area contributed by atoms with Gasteiger partial charge in [-0.1, -0.05) is 23.8 Å². The summed E-state index contributed by atoms with van der Waals surface area (Å²) in [6.45, 7) is 5.90. The molecule has 1 aromatic carbocycles. The van der Waals surface area contributed by atoms with E-state index >= 15 is 0 Å². The van der Waals surface area contributed by atoms with Crippen molar-refractivity contribution in [3.8, 4) is 0 Å². The van der Waals surface area contributed by atoms with Gasteiger partial charge in [0, 0.05) is 18.0 Å². The van der Waals surface area contributed by atoms with Gasteiger partial charge in [0.05, 0.1) is 36.8 Å². The third-order valence-electron chi connectivity index (χ3n) is 4.93. The van der Waals surface area contributed by atoms with Crippen LogP contribution >= 0.6 is 0 Å². The van der Waals surface area contributed by atoms with Crippen LogP contribution in [-0.4, -0.2) is 62.0 Å². The van der Waals surface area contributed by atoms with Crippen molar-refractivity contribution in [3.05, 3.63) is 59.9 Å². The maximum absolute atomic E-state index is 12.8. The minimum atomic E-state index is -3.49. The Morgan fingerprint density at radius 3 is 2.52 bits per heavy atom. The van der Waals surface area contributed by atoms with E-state index in [1.165, 1.54) is 4.31 Å². The van der Waals surface area contributed by atoms with Crippen LogP contribution in [0.2, 0.25) is 0 Å². The number of nitrogens with one attached hydrogen (secondary N) is 2. The van der Waals surface area contributed by atoms with Crippen LogP contribution in [0, 0.1) is 6.92 Å². The standard InChI is InChI=1S/C20H25N5O3S/c1-16-5-7-19(8-6-16)29(27,28)25-12-10-24(11-13-25)15-20(26)23-22-17(2)18-4-3-9-21-14-18/h3-9,14H,10-13,15H2,1-2H3,(H,23,26)/p+1/b22-17-. The zero-order valence-corrected chi connectivity index (χ0v) is 17.4. The van der Waals surface area contributed by atoms with Crippen LogP contribution in [0.5, 0.6) is 0 Å². The van der Waals surface area contributed by atoms with Crippen LogP contribution in [0.15, 0.2) is 58.8 Å². The van der Waals surface area contributed by atoms with Crippen molar-refractivity contribution in [2.45, 2.75) is 18.7 Å². The average Bonchev–Trinajstić information content (AvgIpc) is 2.73. The predicted octanol–water partition coefficient (Wildman–Crippen LogP) is -0.180. The second kappa shape index (κ2) is 9.25. The van der Waals surface area contributed by atoms with E-state index in [1.807, 2.05) is 19.1 Å². The average molecular weight is 417 g/mol. The number of aryl methyl sites for hydroxylation is 1. The zero-order valence-electron chi connectivity index (χ0n) is 16.6. The number of pyridine rings is 1. The largest absolute Gasteiger partial charge is 0.325 e. The molecular formula is C20H26N5O3S+. The van der Waals surface area contributed by atoms with Crippen molar-refractivity contribution in [2.24, 2.45) is 5.10 Å². The van der Waals surface area contributed by atoms with E-state index in [4.69, 9.17) is 0 Å². The number of piperazine rings is 1. The molecule has 0 radical (unpaired) electrons. The summed E-state index contributed by atoms with van der Waals surface area (Å²) in [5.41, 5.74) is 5.11. The molecule has 0 bridgehead atoms. The Kier molecular flexibility index (Phi) is 6.73. The molecule has 0 atom stereocenters. The molecule has 0 spiro atoms. The zero-order chi connectivity index (χ0) is 20.9. The van der Waals surface area contributed by atoms with Crippen molar-refractivity contribution >= 4 is 21.6 Å². The van der Waals surface area contributed by atoms with Gasteiger partial charge in [0.15, 0.2) is 6.54 Å². The van der Waals surface area contributed by atoms with Gasteiger partial charge in [-0.3, -0.25) is 9.78 Å². The molecule has 1 aliphatic heterocycles. The summed E-state index contributed by atoms with van der Waals surface area (Å²) >= 11 is 0. The van der Waals surface area contributed by atoms with Gasteiger partial charge in [0.2, 0.25) is 10.0 Å². The van der Waals surface area contributed by atoms with E-state index in [1.54, 1.807) is 43.6 Å². The monoisotopic (exact) mass is 416 g/mol. The smallest absolute Gasteiger partial charge is 0.295 e. The first-order valence-electron chi connectivity index (χ1n) is 9.50. The number of carbonyl (C=O) groups excluding carboxylic acids is 1. The van der Waals surface area contributed by atoms with E-state index in [-0.39, 0.29) is 12.5 Å². The van der Waals surface area contributed by atoms with Crippen LogP contribution < -0.4 is 10.3 Å². The number of nitrogens with zero attached hydrogens (tertiary/aromatic N) is 3. The quantitative estimate of drug-likeness (QED) is 0.504. The van der Waals surface area contributed by atoms with Crippen LogP contribution in [0.3, 0.4) is 0 Å². The van der Waals surface area contributed by atoms with Gasteiger partial charge < -0.3 is 4.90 Å². The minimum Gasteiger partial charge on any atom is -0.325 e. The fourth-order valence-electron chi connectivity index (χ4n) is 3.13. The maximum atomic E-state index is 12.8. The first kappa shape index (κ1) is 21.1. The molecule has 1 aromatic heterocycles. The Hall–Kier alpha value is -2.62. The number of sulfonamides is 1. The summed E-state index contributed by atoms with van der Waals surface area (Å²) < 4.78 is 27.0. The topological polar surface area (TPSA) is 96.2 Å². The molecule has 0 aliphatic carbocycles. The first-order chi connectivity index (χ1) is 13.9. The second-order valence-electron chi connectivity index (χ2n) is 7.12. The highest BCUT2D eigenvalue weighted by molar-refractivity contribution is 7.89. The molecule has 1 aliphatic rings. The molecule has 3 rings (SSSR count). The van der Waals surface area contributed by atoms with Gasteiger partial charge in [0.25, 0.3) is 5.91 Å². The van der Waals surface area contributed by atoms with E-state index < -0.39 is 10.0 Å². The van der Waals surface area contributed by atoms with Gasteiger partial charge in [-0.2, -0.15) is 9.41 Å². The van der Waals surface area contributed by atoms with E-state index in [0.717, 1.165) is 16.0 Å². The highest BCUT2D eigenvalue weighted by Gasteiger charge is 2.31. The molecule has 0 unspecified atom stereocenters. The summed E-state index contributed by atoms with van der Waals surface area (Å²) in [6, 6.07) is 10.6. The van der Waals surface area contributed by atoms with E-state index in [2.05, 4.69) is 15.5 Å². The van der Waals surface area contributed by atoms with Gasteiger partial charge in [0.1, 0.15) is 0 Å². The minimum absolute atomic E-state index is 0.196. The van der Waals surface area contributed by atoms with Gasteiger partial charge in [-0.25, -0.2) is 13.8 Å². The molecule has 8 nitrogen and oxygen atoms in total. The van der Waals surface area contributed by atoms with Crippen molar-refractivity contribution in [1.29, 1.82) is 0 Å². The Morgan fingerprint density at radius 2 is 1.90 bits per heavy atom. The van der Waals surface area contributed by atoms with E-state index in [0.29, 0.717) is 36.8 Å². The lowest BCUT2D eigenvalue weighted by Crippen LogP contribution is -3.15. The molecule has 2 aromatic rings. The number of hydrogen-bond acceptors (Lipinski definition) is 5. The molecule has 0 saturated carbocycles. The molecule has 2 N–H and O–H groups in total. The number of hydrazone groups is 1. The number of quaternary nitrogens is 1. The van der Waals surface area contributed by atoms with Crippen LogP contribution in [0.4, 0.5) is 0 Å². The summed E-state index contributed by atoms with van der Waals surface area (Å²) in [5, 5.41) is 4.12. The summed E-state index contributed by atoms with van der Waals surface area (Å²) in [4.78, 5) is 17.6. The first-order valence-corrected chi connectivity index (χ1v) is 10.9. The number of aromatic nitrogens is 1. The lowest BCUT2D eigenvalue weighted by molar-refractivity contribution is -0.895. The third-order valence-corrected chi connectivity index (χ3v) is 6.84. The number of hydrogen-bond donors (Lipinski definition) is 2. The van der Waals surface area contributed by atoms with Crippen molar-refractivity contribution in [2.75, 3.05) is 32.7 Å². The van der Waals surface area contributed by atoms with E-state index in [9.17, 15) is 13.2 Å². The van der Waals surface area contributed by atoms with Crippen LogP contribution in [-0.2, 0) is 14.8 Å².